The number of rotatable bonds is 0. The Kier molecular flexibility index (Phi) is 3.07. The lowest BCUT2D eigenvalue weighted by molar-refractivity contribution is 0.407. The maximum Gasteiger partial charge on any atom is 0.200 e. The van der Waals surface area contributed by atoms with Crippen LogP contribution in [0.2, 0.25) is 0 Å². The van der Waals surface area contributed by atoms with Gasteiger partial charge in [-0.25, -0.2) is 4.39 Å². The summed E-state index contributed by atoms with van der Waals surface area (Å²) in [7, 11) is 0. The van der Waals surface area contributed by atoms with Crippen LogP contribution >= 0.6 is 12.4 Å². The lowest BCUT2D eigenvalue weighted by Crippen LogP contribution is -1.89. The van der Waals surface area contributed by atoms with E-state index in [1.165, 1.54) is 0 Å². The number of phenols is 1. The Morgan fingerprint density at radius 3 is 2.27 bits per heavy atom. The number of hydrogen-bond donors (Lipinski definition) is 2. The number of nitrogen functional groups attached to an aromatic ring is 1. The van der Waals surface area contributed by atoms with Crippen LogP contribution in [0, 0.1) is 11.6 Å². The van der Waals surface area contributed by atoms with E-state index < -0.39 is 17.4 Å². The van der Waals surface area contributed by atoms with Gasteiger partial charge in [0.05, 0.1) is 0 Å². The van der Waals surface area contributed by atoms with E-state index in [0.717, 1.165) is 12.1 Å². The molecule has 0 amide bonds. The Labute approximate surface area is 68.0 Å². The standard InChI is InChI=1S/C6H5F2NO.ClH/c7-4-1-3(9)2-5(10)6(4)8;/h1-2,10H,9H2;1H. The minimum absolute atomic E-state index is 0. The molecule has 0 atom stereocenters. The molecule has 0 spiro atoms. The maximum atomic E-state index is 12.2. The third kappa shape index (κ3) is 1.94. The van der Waals surface area contributed by atoms with Crippen LogP contribution in [0.25, 0.3) is 0 Å². The van der Waals surface area contributed by atoms with Crippen molar-refractivity contribution < 1.29 is 13.9 Å². The second kappa shape index (κ2) is 3.39. The summed E-state index contributed by atoms with van der Waals surface area (Å²) >= 11 is 0. The summed E-state index contributed by atoms with van der Waals surface area (Å²) < 4.78 is 24.5. The quantitative estimate of drug-likeness (QED) is 0.598. The van der Waals surface area contributed by atoms with Crippen LogP contribution in [0.1, 0.15) is 0 Å². The second-order valence-electron chi connectivity index (χ2n) is 1.84. The molecule has 3 N–H and O–H groups in total. The first-order valence-electron chi connectivity index (χ1n) is 2.54. The van der Waals surface area contributed by atoms with Gasteiger partial charge in [-0.1, -0.05) is 0 Å². The maximum absolute atomic E-state index is 12.2. The SMILES string of the molecule is Cl.Nc1cc(O)c(F)c(F)c1. The third-order valence-electron chi connectivity index (χ3n) is 1.03. The normalized spacial score (nSPS) is 8.91. The largest absolute Gasteiger partial charge is 0.505 e. The summed E-state index contributed by atoms with van der Waals surface area (Å²) in [5, 5.41) is 8.59. The van der Waals surface area contributed by atoms with Crippen molar-refractivity contribution in [1.29, 1.82) is 0 Å². The summed E-state index contributed by atoms with van der Waals surface area (Å²) in [6, 6.07) is 1.74. The van der Waals surface area contributed by atoms with Crippen molar-refractivity contribution in [3.05, 3.63) is 23.8 Å². The summed E-state index contributed by atoms with van der Waals surface area (Å²) in [6.45, 7) is 0. The average molecular weight is 182 g/mol. The van der Waals surface area contributed by atoms with Crippen LogP contribution in [0.5, 0.6) is 5.75 Å². The predicted octanol–water partition coefficient (Wildman–Crippen LogP) is 1.67. The van der Waals surface area contributed by atoms with E-state index >= 15 is 0 Å². The molecule has 0 fully saturated rings. The number of halogens is 3. The summed E-state index contributed by atoms with van der Waals surface area (Å²) in [6.07, 6.45) is 0. The fourth-order valence-corrected chi connectivity index (χ4v) is 0.595. The van der Waals surface area contributed by atoms with Crippen LogP contribution < -0.4 is 5.73 Å². The molecule has 1 rings (SSSR count). The second-order valence-corrected chi connectivity index (χ2v) is 1.84. The first kappa shape index (κ1) is 9.97. The number of benzene rings is 1. The number of nitrogens with two attached hydrogens (primary N) is 1. The van der Waals surface area contributed by atoms with Crippen LogP contribution in [0.4, 0.5) is 14.5 Å². The van der Waals surface area contributed by atoms with Gasteiger partial charge in [0.25, 0.3) is 0 Å². The smallest absolute Gasteiger partial charge is 0.200 e. The number of anilines is 1. The molecule has 0 aliphatic rings. The predicted molar refractivity (Wildman–Crippen MR) is 39.7 cm³/mol. The van der Waals surface area contributed by atoms with Crippen LogP contribution in [-0.4, -0.2) is 5.11 Å². The minimum atomic E-state index is -1.27. The van der Waals surface area contributed by atoms with Gasteiger partial charge in [0.1, 0.15) is 0 Å². The van der Waals surface area contributed by atoms with Gasteiger partial charge in [0.15, 0.2) is 17.4 Å². The molecular weight excluding hydrogens is 176 g/mol. The molecular formula is C6H6ClF2NO. The fourth-order valence-electron chi connectivity index (χ4n) is 0.595. The molecule has 1 aromatic carbocycles. The molecule has 2 nitrogen and oxygen atoms in total. The van der Waals surface area contributed by atoms with Gasteiger partial charge in [-0.15, -0.1) is 12.4 Å². The lowest BCUT2D eigenvalue weighted by atomic mass is 10.3. The van der Waals surface area contributed by atoms with Gasteiger partial charge in [-0.3, -0.25) is 0 Å². The molecule has 11 heavy (non-hydrogen) atoms. The topological polar surface area (TPSA) is 46.2 Å². The molecule has 0 heterocycles. The summed E-state index contributed by atoms with van der Waals surface area (Å²) in [4.78, 5) is 0. The molecule has 0 aromatic heterocycles. The minimum Gasteiger partial charge on any atom is -0.505 e. The highest BCUT2D eigenvalue weighted by molar-refractivity contribution is 5.85. The van der Waals surface area contributed by atoms with Gasteiger partial charge in [0, 0.05) is 17.8 Å². The molecule has 62 valence electrons. The highest BCUT2D eigenvalue weighted by Gasteiger charge is 2.06. The van der Waals surface area contributed by atoms with E-state index in [-0.39, 0.29) is 18.1 Å². The molecule has 5 heteroatoms. The van der Waals surface area contributed by atoms with E-state index in [1.54, 1.807) is 0 Å². The number of hydrogen-bond acceptors (Lipinski definition) is 2. The molecule has 0 unspecified atom stereocenters. The van der Waals surface area contributed by atoms with Crippen molar-refractivity contribution in [2.45, 2.75) is 0 Å². The molecule has 0 aliphatic heterocycles. The van der Waals surface area contributed by atoms with Gasteiger partial charge in [-0.05, 0) is 0 Å². The summed E-state index contributed by atoms with van der Waals surface area (Å²) in [5.41, 5.74) is 5.06. The Bertz CT molecular complexity index is 244. The molecule has 0 saturated heterocycles. The molecule has 0 bridgehead atoms. The van der Waals surface area contributed by atoms with E-state index in [9.17, 15) is 8.78 Å². The van der Waals surface area contributed by atoms with Gasteiger partial charge in [0.2, 0.25) is 0 Å². The first-order chi connectivity index (χ1) is 4.61. The van der Waals surface area contributed by atoms with E-state index in [4.69, 9.17) is 10.8 Å². The van der Waals surface area contributed by atoms with E-state index in [0.29, 0.717) is 0 Å². The zero-order chi connectivity index (χ0) is 7.72. The Balaban J connectivity index is 0.000001000. The van der Waals surface area contributed by atoms with Crippen molar-refractivity contribution in [1.82, 2.24) is 0 Å². The highest BCUT2D eigenvalue weighted by Crippen LogP contribution is 2.21. The van der Waals surface area contributed by atoms with Crippen molar-refractivity contribution >= 4 is 18.1 Å². The van der Waals surface area contributed by atoms with Crippen molar-refractivity contribution in [3.63, 3.8) is 0 Å². The lowest BCUT2D eigenvalue weighted by Gasteiger charge is -1.97. The molecule has 0 radical (unpaired) electrons. The number of aromatic hydroxyl groups is 1. The molecule has 0 saturated carbocycles. The Hall–Kier alpha value is -1.03. The van der Waals surface area contributed by atoms with E-state index in [1.807, 2.05) is 0 Å². The van der Waals surface area contributed by atoms with Crippen molar-refractivity contribution in [2.24, 2.45) is 0 Å². The van der Waals surface area contributed by atoms with Gasteiger partial charge >= 0.3 is 0 Å². The zero-order valence-electron chi connectivity index (χ0n) is 5.34. The summed E-state index contributed by atoms with van der Waals surface area (Å²) in [5.74, 6) is -3.18. The van der Waals surface area contributed by atoms with Crippen LogP contribution in [0.15, 0.2) is 12.1 Å². The zero-order valence-corrected chi connectivity index (χ0v) is 6.16. The monoisotopic (exact) mass is 181 g/mol. The van der Waals surface area contributed by atoms with Gasteiger partial charge < -0.3 is 10.8 Å². The first-order valence-corrected chi connectivity index (χ1v) is 2.54. The fraction of sp³-hybridized carbons (Fsp3) is 0. The van der Waals surface area contributed by atoms with Crippen LogP contribution in [0.3, 0.4) is 0 Å². The van der Waals surface area contributed by atoms with E-state index in [2.05, 4.69) is 0 Å². The molecule has 1 aromatic rings. The molecule has 0 aliphatic carbocycles. The number of phenolic OH excluding ortho intramolecular Hbond substituents is 1. The Morgan fingerprint density at radius 2 is 1.82 bits per heavy atom. The van der Waals surface area contributed by atoms with Crippen molar-refractivity contribution in [2.75, 3.05) is 5.73 Å². The van der Waals surface area contributed by atoms with Gasteiger partial charge in [-0.2, -0.15) is 4.39 Å². The Morgan fingerprint density at radius 1 is 1.27 bits per heavy atom. The average Bonchev–Trinajstić information content (AvgIpc) is 1.82. The van der Waals surface area contributed by atoms with Crippen molar-refractivity contribution in [3.8, 4) is 5.75 Å². The third-order valence-corrected chi connectivity index (χ3v) is 1.03. The highest BCUT2D eigenvalue weighted by atomic mass is 35.5. The van der Waals surface area contributed by atoms with Crippen LogP contribution in [-0.2, 0) is 0 Å².